The number of benzene rings is 2. The van der Waals surface area contributed by atoms with E-state index in [2.05, 4.69) is 0 Å². The third-order valence-electron chi connectivity index (χ3n) is 2.72. The van der Waals surface area contributed by atoms with Crippen molar-refractivity contribution in [3.05, 3.63) is 59.7 Å². The highest BCUT2D eigenvalue weighted by Crippen LogP contribution is 2.22. The van der Waals surface area contributed by atoms with Crippen LogP contribution < -0.4 is 9.92 Å². The highest BCUT2D eigenvalue weighted by atomic mass is 32.2. The lowest BCUT2D eigenvalue weighted by Crippen LogP contribution is -2.13. The summed E-state index contributed by atoms with van der Waals surface area (Å²) in [7, 11) is -3.93. The van der Waals surface area contributed by atoms with Crippen LogP contribution in [0.15, 0.2) is 53.4 Å². The van der Waals surface area contributed by atoms with Crippen molar-refractivity contribution in [2.45, 2.75) is 11.8 Å². The highest BCUT2D eigenvalue weighted by molar-refractivity contribution is 7.87. The van der Waals surface area contributed by atoms with Crippen molar-refractivity contribution in [1.82, 2.24) is 0 Å². The number of nitrogens with two attached hydrogens (primary N) is 1. The maximum atomic E-state index is 12.1. The fourth-order valence-electron chi connectivity index (χ4n) is 1.60. The van der Waals surface area contributed by atoms with Gasteiger partial charge in [0, 0.05) is 5.56 Å². The summed E-state index contributed by atoms with van der Waals surface area (Å²) in [6, 6.07) is 12.1. The van der Waals surface area contributed by atoms with Gasteiger partial charge in [-0.2, -0.15) is 8.42 Å². The monoisotopic (exact) mass is 291 g/mol. The number of carbonyl (C=O) groups excluding carboxylic acids is 1. The van der Waals surface area contributed by atoms with Gasteiger partial charge in [-0.05, 0) is 42.8 Å². The Morgan fingerprint density at radius 2 is 1.65 bits per heavy atom. The van der Waals surface area contributed by atoms with E-state index in [0.717, 1.165) is 0 Å². The quantitative estimate of drug-likeness (QED) is 0.871. The number of hydrogen-bond acceptors (Lipinski definition) is 4. The van der Waals surface area contributed by atoms with Crippen molar-refractivity contribution in [3.63, 3.8) is 0 Å². The molecule has 6 heteroatoms. The SMILES string of the molecule is Cc1ccccc1OS(=O)(=O)c1ccc(C(N)=O)cc1. The Hall–Kier alpha value is -2.34. The van der Waals surface area contributed by atoms with E-state index < -0.39 is 16.0 Å². The third-order valence-corrected chi connectivity index (χ3v) is 3.97. The molecule has 0 aliphatic carbocycles. The van der Waals surface area contributed by atoms with E-state index in [1.165, 1.54) is 24.3 Å². The fraction of sp³-hybridized carbons (Fsp3) is 0.0714. The first-order valence-corrected chi connectivity index (χ1v) is 7.21. The van der Waals surface area contributed by atoms with Crippen molar-refractivity contribution >= 4 is 16.0 Å². The van der Waals surface area contributed by atoms with Gasteiger partial charge in [-0.1, -0.05) is 18.2 Å². The summed E-state index contributed by atoms with van der Waals surface area (Å²) < 4.78 is 29.3. The van der Waals surface area contributed by atoms with E-state index >= 15 is 0 Å². The van der Waals surface area contributed by atoms with Crippen LogP contribution in [0.25, 0.3) is 0 Å². The number of aryl methyl sites for hydroxylation is 1. The molecule has 0 atom stereocenters. The molecule has 2 N–H and O–H groups in total. The molecule has 0 radical (unpaired) electrons. The molecule has 104 valence electrons. The standard InChI is InChI=1S/C14H13NO4S/c1-10-4-2-3-5-13(10)19-20(17,18)12-8-6-11(7-9-12)14(15)16/h2-9H,1H3,(H2,15,16). The van der Waals surface area contributed by atoms with Crippen LogP contribution >= 0.6 is 0 Å². The molecular weight excluding hydrogens is 278 g/mol. The zero-order valence-corrected chi connectivity index (χ0v) is 11.6. The smallest absolute Gasteiger partial charge is 0.339 e. The lowest BCUT2D eigenvalue weighted by molar-refractivity contribution is 0.1000. The molecule has 0 bridgehead atoms. The predicted octanol–water partition coefficient (Wildman–Crippen LogP) is 1.86. The number of para-hydroxylation sites is 1. The van der Waals surface area contributed by atoms with E-state index in [0.29, 0.717) is 5.56 Å². The summed E-state index contributed by atoms with van der Waals surface area (Å²) in [4.78, 5) is 10.9. The first-order valence-electron chi connectivity index (χ1n) is 5.80. The number of carbonyl (C=O) groups is 1. The van der Waals surface area contributed by atoms with Crippen LogP contribution in [-0.4, -0.2) is 14.3 Å². The van der Waals surface area contributed by atoms with Gasteiger partial charge in [0.15, 0.2) is 0 Å². The van der Waals surface area contributed by atoms with Gasteiger partial charge in [0.25, 0.3) is 0 Å². The van der Waals surface area contributed by atoms with E-state index in [1.807, 2.05) is 0 Å². The van der Waals surface area contributed by atoms with Crippen LogP contribution in [0.2, 0.25) is 0 Å². The van der Waals surface area contributed by atoms with Gasteiger partial charge in [-0.3, -0.25) is 4.79 Å². The summed E-state index contributed by atoms with van der Waals surface area (Å²) in [5.74, 6) is -0.347. The van der Waals surface area contributed by atoms with Crippen LogP contribution in [0.3, 0.4) is 0 Å². The van der Waals surface area contributed by atoms with Crippen molar-refractivity contribution in [3.8, 4) is 5.75 Å². The van der Waals surface area contributed by atoms with Crippen molar-refractivity contribution in [2.75, 3.05) is 0 Å². The summed E-state index contributed by atoms with van der Waals surface area (Å²) in [6.07, 6.45) is 0. The van der Waals surface area contributed by atoms with Gasteiger partial charge >= 0.3 is 10.1 Å². The van der Waals surface area contributed by atoms with Crippen LogP contribution in [0.4, 0.5) is 0 Å². The molecule has 1 amide bonds. The zero-order valence-electron chi connectivity index (χ0n) is 10.7. The van der Waals surface area contributed by atoms with Crippen molar-refractivity contribution in [2.24, 2.45) is 5.73 Å². The van der Waals surface area contributed by atoms with Crippen molar-refractivity contribution in [1.29, 1.82) is 0 Å². The average Bonchev–Trinajstić information content (AvgIpc) is 2.41. The fourth-order valence-corrected chi connectivity index (χ4v) is 2.59. The van der Waals surface area contributed by atoms with E-state index in [9.17, 15) is 13.2 Å². The lowest BCUT2D eigenvalue weighted by atomic mass is 10.2. The second kappa shape index (κ2) is 5.34. The Morgan fingerprint density at radius 1 is 1.05 bits per heavy atom. The predicted molar refractivity (Wildman–Crippen MR) is 74.0 cm³/mol. The van der Waals surface area contributed by atoms with Crippen molar-refractivity contribution < 1.29 is 17.4 Å². The van der Waals surface area contributed by atoms with Gasteiger partial charge < -0.3 is 9.92 Å². The molecule has 20 heavy (non-hydrogen) atoms. The molecule has 0 saturated heterocycles. The van der Waals surface area contributed by atoms with E-state index in [4.69, 9.17) is 9.92 Å². The topological polar surface area (TPSA) is 86.5 Å². The largest absolute Gasteiger partial charge is 0.379 e. The Labute approximate surface area is 117 Å². The van der Waals surface area contributed by atoms with Gasteiger partial charge in [-0.25, -0.2) is 0 Å². The first-order chi connectivity index (χ1) is 9.40. The molecule has 2 rings (SSSR count). The molecule has 0 unspecified atom stereocenters. The Morgan fingerprint density at radius 3 is 2.20 bits per heavy atom. The molecule has 0 heterocycles. The second-order valence-corrected chi connectivity index (χ2v) is 5.74. The lowest BCUT2D eigenvalue weighted by Gasteiger charge is -2.09. The summed E-state index contributed by atoms with van der Waals surface area (Å²) in [5.41, 5.74) is 6.05. The summed E-state index contributed by atoms with van der Waals surface area (Å²) in [6.45, 7) is 1.75. The Kier molecular flexibility index (Phi) is 3.76. The summed E-state index contributed by atoms with van der Waals surface area (Å²) >= 11 is 0. The molecule has 2 aromatic rings. The Bertz CT molecular complexity index is 736. The van der Waals surface area contributed by atoms with Crippen LogP contribution in [0.1, 0.15) is 15.9 Å². The minimum absolute atomic E-state index is 0.0363. The molecule has 2 aromatic carbocycles. The molecule has 5 nitrogen and oxygen atoms in total. The van der Waals surface area contributed by atoms with Gasteiger partial charge in [-0.15, -0.1) is 0 Å². The number of rotatable bonds is 4. The highest BCUT2D eigenvalue weighted by Gasteiger charge is 2.17. The molecule has 0 fully saturated rings. The van der Waals surface area contributed by atoms with Gasteiger partial charge in [0.2, 0.25) is 5.91 Å². The Balaban J connectivity index is 2.31. The summed E-state index contributed by atoms with van der Waals surface area (Å²) in [5, 5.41) is 0. The zero-order chi connectivity index (χ0) is 14.8. The molecule has 0 spiro atoms. The maximum Gasteiger partial charge on any atom is 0.339 e. The number of hydrogen-bond donors (Lipinski definition) is 1. The third kappa shape index (κ3) is 2.97. The first kappa shape index (κ1) is 14.1. The van der Waals surface area contributed by atoms with E-state index in [1.54, 1.807) is 31.2 Å². The van der Waals surface area contributed by atoms with Gasteiger partial charge in [0.1, 0.15) is 10.6 Å². The molecule has 0 aliphatic heterocycles. The minimum Gasteiger partial charge on any atom is -0.379 e. The number of amides is 1. The minimum atomic E-state index is -3.93. The molecule has 0 aromatic heterocycles. The van der Waals surface area contributed by atoms with E-state index in [-0.39, 0.29) is 16.2 Å². The molecule has 0 aliphatic rings. The van der Waals surface area contributed by atoms with Gasteiger partial charge in [0.05, 0.1) is 0 Å². The van der Waals surface area contributed by atoms with Crippen LogP contribution in [0, 0.1) is 6.92 Å². The second-order valence-electron chi connectivity index (χ2n) is 4.19. The molecule has 0 saturated carbocycles. The van der Waals surface area contributed by atoms with Crippen LogP contribution in [-0.2, 0) is 10.1 Å². The maximum absolute atomic E-state index is 12.1. The molecular formula is C14H13NO4S. The van der Waals surface area contributed by atoms with Crippen LogP contribution in [0.5, 0.6) is 5.75 Å². The normalized spacial score (nSPS) is 11.1. The number of primary amides is 1. The average molecular weight is 291 g/mol.